The van der Waals surface area contributed by atoms with E-state index in [9.17, 15) is 14.4 Å². The van der Waals surface area contributed by atoms with Crippen LogP contribution in [0, 0.1) is 0 Å². The number of ether oxygens (including phenoxy) is 5. The normalized spacial score (nSPS) is 17.2. The van der Waals surface area contributed by atoms with Crippen LogP contribution in [-0.2, 0) is 48.5 Å². The maximum absolute atomic E-state index is 11.0. The van der Waals surface area contributed by atoms with Gasteiger partial charge in [0.1, 0.15) is 54.5 Å². The van der Waals surface area contributed by atoms with E-state index in [1.807, 2.05) is 59.1 Å². The van der Waals surface area contributed by atoms with E-state index >= 15 is 0 Å². The van der Waals surface area contributed by atoms with Crippen LogP contribution >= 0.6 is 97.0 Å². The molecule has 0 radical (unpaired) electrons. The Hall–Kier alpha value is -6.36. The molecule has 111 heavy (non-hydrogen) atoms. The highest BCUT2D eigenvalue weighted by Gasteiger charge is 2.27. The average molecular weight is 1720 g/mol. The third kappa shape index (κ3) is 29.5. The number of hydrogen-bond acceptors (Lipinski definition) is 20. The molecule has 27 heteroatoms. The van der Waals surface area contributed by atoms with Gasteiger partial charge in [0, 0.05) is 170 Å². The van der Waals surface area contributed by atoms with Gasteiger partial charge in [-0.15, -0.1) is 68.8 Å². The summed E-state index contributed by atoms with van der Waals surface area (Å²) in [5.41, 5.74) is 19.3. The second-order valence-electron chi connectivity index (χ2n) is 27.8. The standard InChI is InChI=1S/C22H31N3OS.C20H27N3OS.C15H17ClN2OS.C10H12ClNO2.C10H12ClNOS.C7H10BrNO2/c1-3-24-14-11-20-21(16-24)27-22(23-20)18-7-9-19(10-8-18)26-15-5-13-25-12-4-6-17(25)2;1-15-4-2-11-23(15)12-3-13-24-17-7-5-16(6-8-17)20-22-18-9-10-21-14-19(18)25-20;16-7-1-9-19-12-4-2-11(3-5-12)15-18-13-6-8-17-10-14(13)20-15;11-6-1-7-14-9-4-2-8(3-5-9)10(12)13;11-6-1-7-13-9-4-2-8(3-5-9)10(12)14;1-5(10)9-3-2-7(11)6(8)4-9/h7-10,17H,3-6,11-16H2,1-2H3;5-8,15,21H,2-4,9-14H2,1H3;2-5,17H,1,6-10H2;2-5H,1,6-7H2,(H2,12,13);2-5H,1,6-7H2,(H2,12,14);6H,2-4H2,1H3. The number of benzene rings is 5. The zero-order chi connectivity index (χ0) is 78.7. The molecule has 19 nitrogen and oxygen atoms in total. The molecule has 14 rings (SSSR count). The van der Waals surface area contributed by atoms with Crippen LogP contribution < -0.4 is 45.8 Å². The van der Waals surface area contributed by atoms with Crippen molar-refractivity contribution < 1.29 is 38.1 Å². The zero-order valence-electron chi connectivity index (χ0n) is 64.5. The first kappa shape index (κ1) is 88.6. The number of aromatic nitrogens is 3. The number of thiazole rings is 3. The van der Waals surface area contributed by atoms with Gasteiger partial charge in [-0.25, -0.2) is 15.0 Å². The number of piperidine rings is 1. The van der Waals surface area contributed by atoms with E-state index in [-0.39, 0.29) is 16.5 Å². The Morgan fingerprint density at radius 3 is 1.25 bits per heavy atom. The van der Waals surface area contributed by atoms with Gasteiger partial charge in [-0.1, -0.05) is 35.1 Å². The minimum atomic E-state index is -0.433. The first-order valence-corrected chi connectivity index (χ1v) is 44.3. The maximum atomic E-state index is 11.0. The van der Waals surface area contributed by atoms with Gasteiger partial charge in [0.25, 0.3) is 0 Å². The molecular formula is C84H109BrCl3N11O8S4. The van der Waals surface area contributed by atoms with Crippen molar-refractivity contribution in [3.63, 3.8) is 0 Å². The van der Waals surface area contributed by atoms with Crippen LogP contribution in [0.2, 0.25) is 0 Å². The summed E-state index contributed by atoms with van der Waals surface area (Å²) in [4.78, 5) is 60.8. The number of thiocarbonyl (C=S) groups is 1. The molecule has 3 fully saturated rings. The SMILES string of the molecule is CC(=O)N1CCC(=O)C(Br)C1.CC1CCCN1CCCOc1ccc(-c2nc3c(s2)CNCC3)cc1.CCN1CCc2nc(-c3ccc(OCCCN4CCCC4C)cc3)sc2C1.ClCCCOc1ccc(-c2nc3c(s2)CNCC3)cc1.NC(=O)c1ccc(OCCCCl)cc1.NC(=S)c1ccc(OCCCCl)cc1. The lowest BCUT2D eigenvalue weighted by Crippen LogP contribution is -2.43. The molecule has 600 valence electrons. The number of primary amides is 1. The highest BCUT2D eigenvalue weighted by Crippen LogP contribution is 2.35. The monoisotopic (exact) mass is 1710 g/mol. The van der Waals surface area contributed by atoms with Crippen LogP contribution in [-0.4, -0.2) is 190 Å². The number of ketones is 1. The van der Waals surface area contributed by atoms with Gasteiger partial charge in [0.2, 0.25) is 11.8 Å². The molecule has 3 atom stereocenters. The Balaban J connectivity index is 0.000000157. The van der Waals surface area contributed by atoms with Gasteiger partial charge >= 0.3 is 0 Å². The van der Waals surface area contributed by atoms with Crippen molar-refractivity contribution in [1.82, 2.24) is 45.2 Å². The molecule has 3 aromatic heterocycles. The fraction of sp³-hybridized carbons (Fsp3) is 0.488. The smallest absolute Gasteiger partial charge is 0.248 e. The topological polar surface area (TPSA) is 225 Å². The van der Waals surface area contributed by atoms with Gasteiger partial charge in [-0.05, 0) is 213 Å². The summed E-state index contributed by atoms with van der Waals surface area (Å²) in [5.74, 6) is 5.99. The summed E-state index contributed by atoms with van der Waals surface area (Å²) < 4.78 is 28.2. The largest absolute Gasteiger partial charge is 0.494 e. The zero-order valence-corrected chi connectivity index (χ0v) is 71.6. The first-order valence-electron chi connectivity index (χ1n) is 38.9. The number of carbonyl (C=O) groups excluding carboxylic acids is 3. The number of nitrogens with one attached hydrogen (secondary N) is 2. The molecule has 6 aliphatic heterocycles. The molecule has 2 amide bonds. The molecule has 0 spiro atoms. The van der Waals surface area contributed by atoms with Crippen molar-refractivity contribution in [2.75, 3.05) is 116 Å². The molecule has 0 aliphatic carbocycles. The summed E-state index contributed by atoms with van der Waals surface area (Å²) in [7, 11) is 0. The van der Waals surface area contributed by atoms with Gasteiger partial charge < -0.3 is 60.5 Å². The lowest BCUT2D eigenvalue weighted by Gasteiger charge is -2.27. The van der Waals surface area contributed by atoms with Gasteiger partial charge in [-0.2, -0.15) is 0 Å². The van der Waals surface area contributed by atoms with Crippen molar-refractivity contribution in [2.24, 2.45) is 11.5 Å². The van der Waals surface area contributed by atoms with E-state index in [2.05, 4.69) is 123 Å². The van der Waals surface area contributed by atoms with Gasteiger partial charge in [-0.3, -0.25) is 19.3 Å². The summed E-state index contributed by atoms with van der Waals surface area (Å²) in [6, 6.07) is 40.7. The molecular weight excluding hydrogens is 1610 g/mol. The molecule has 5 aromatic carbocycles. The third-order valence-corrected chi connectivity index (χ3v) is 24.8. The lowest BCUT2D eigenvalue weighted by atomic mass is 10.1. The molecule has 8 aromatic rings. The molecule has 3 unspecified atom stereocenters. The number of fused-ring (bicyclic) bond motifs is 3. The van der Waals surface area contributed by atoms with Crippen LogP contribution in [0.15, 0.2) is 121 Å². The van der Waals surface area contributed by atoms with Crippen molar-refractivity contribution >= 4 is 120 Å². The fourth-order valence-corrected chi connectivity index (χ4v) is 17.4. The number of halogens is 4. The molecule has 6 N–H and O–H groups in total. The van der Waals surface area contributed by atoms with Crippen LogP contribution in [0.1, 0.15) is 140 Å². The number of alkyl halides is 4. The Labute approximate surface area is 697 Å². The number of hydrogen-bond donors (Lipinski definition) is 4. The molecule has 3 saturated heterocycles. The number of carbonyl (C=O) groups is 3. The van der Waals surface area contributed by atoms with Crippen LogP contribution in [0.25, 0.3) is 31.7 Å². The number of amides is 2. The van der Waals surface area contributed by atoms with E-state index in [0.717, 1.165) is 190 Å². The van der Waals surface area contributed by atoms with E-state index in [4.69, 9.17) is 97.1 Å². The minimum absolute atomic E-state index is 0.0435. The Kier molecular flexibility index (Phi) is 38.4. The van der Waals surface area contributed by atoms with Gasteiger partial charge in [0.05, 0.1) is 54.9 Å². The van der Waals surface area contributed by atoms with E-state index in [1.165, 1.54) is 88.5 Å². The summed E-state index contributed by atoms with van der Waals surface area (Å²) in [6.07, 6.45) is 13.7. The Morgan fingerprint density at radius 1 is 0.532 bits per heavy atom. The fourth-order valence-electron chi connectivity index (χ4n) is 13.0. The minimum Gasteiger partial charge on any atom is -0.494 e. The van der Waals surface area contributed by atoms with E-state index in [1.54, 1.807) is 40.5 Å². The Bertz CT molecular complexity index is 3990. The number of nitrogens with two attached hydrogens (primary N) is 2. The predicted octanol–water partition coefficient (Wildman–Crippen LogP) is 16.3. The second kappa shape index (κ2) is 48.1. The highest BCUT2D eigenvalue weighted by molar-refractivity contribution is 9.10. The lowest BCUT2D eigenvalue weighted by molar-refractivity contribution is -0.132. The number of rotatable bonds is 28. The summed E-state index contributed by atoms with van der Waals surface area (Å²) in [6.45, 7) is 25.1. The third-order valence-electron chi connectivity index (χ3n) is 19.6. The van der Waals surface area contributed by atoms with Crippen molar-refractivity contribution in [3.05, 3.63) is 164 Å². The first-order chi connectivity index (χ1) is 54.0. The number of Topliss-reactive ketones (excluding diaryl/α,β-unsaturated/α-hetero) is 1. The van der Waals surface area contributed by atoms with Crippen LogP contribution in [0.5, 0.6) is 28.7 Å². The number of likely N-dealkylation sites (N-methyl/N-ethyl adjacent to an activating group) is 1. The molecule has 9 heterocycles. The number of likely N-dealkylation sites (tertiary alicyclic amines) is 3. The molecule has 0 saturated carbocycles. The van der Waals surface area contributed by atoms with Gasteiger partial charge in [0.15, 0.2) is 0 Å². The Morgan fingerprint density at radius 2 is 0.910 bits per heavy atom. The molecule has 6 aliphatic rings. The highest BCUT2D eigenvalue weighted by atomic mass is 79.9. The second-order valence-corrected chi connectivity index (χ2v) is 33.7. The van der Waals surface area contributed by atoms with E-state index < -0.39 is 5.91 Å². The van der Waals surface area contributed by atoms with Crippen molar-refractivity contribution in [2.45, 2.75) is 148 Å². The summed E-state index contributed by atoms with van der Waals surface area (Å²) in [5, 5.41) is 10.2. The van der Waals surface area contributed by atoms with Crippen molar-refractivity contribution in [3.8, 4) is 60.5 Å². The van der Waals surface area contributed by atoms with E-state index in [0.29, 0.717) is 67.5 Å². The summed E-state index contributed by atoms with van der Waals surface area (Å²) >= 11 is 30.1. The quantitative estimate of drug-likeness (QED) is 0.0203. The predicted molar refractivity (Wildman–Crippen MR) is 463 cm³/mol. The van der Waals surface area contributed by atoms with Crippen molar-refractivity contribution in [1.29, 1.82) is 0 Å². The van der Waals surface area contributed by atoms with Crippen LogP contribution in [0.3, 0.4) is 0 Å². The maximum Gasteiger partial charge on any atom is 0.248 e. The van der Waals surface area contributed by atoms with Crippen LogP contribution in [0.4, 0.5) is 0 Å². The molecule has 0 bridgehead atoms. The average Bonchev–Trinajstić information content (AvgIpc) is 1.68. The number of nitrogens with zero attached hydrogens (tertiary/aromatic N) is 7.